The molecule has 5 rings (SSSR count). The minimum atomic E-state index is 0.347. The van der Waals surface area contributed by atoms with E-state index in [1.54, 1.807) is 6.07 Å². The van der Waals surface area contributed by atoms with Crippen molar-refractivity contribution in [2.45, 2.75) is 13.5 Å². The molecule has 0 aliphatic carbocycles. The monoisotopic (exact) mass is 438 g/mol. The molecule has 1 fully saturated rings. The molecule has 1 aliphatic heterocycles. The summed E-state index contributed by atoms with van der Waals surface area (Å²) in [7, 11) is 2.16. The van der Waals surface area contributed by atoms with Gasteiger partial charge >= 0.3 is 0 Å². The Hall–Kier alpha value is -3.41. The van der Waals surface area contributed by atoms with E-state index in [0.717, 1.165) is 71.8 Å². The molecule has 0 atom stereocenters. The number of aryl methyl sites for hydroxylation is 1. The number of nitrogens with zero attached hydrogens (tertiary/aromatic N) is 3. The summed E-state index contributed by atoms with van der Waals surface area (Å²) in [4.78, 5) is 9.64. The molecule has 4 aromatic rings. The number of aromatic hydroxyl groups is 1. The summed E-state index contributed by atoms with van der Waals surface area (Å²) in [6, 6.07) is 24.6. The predicted octanol–water partition coefficient (Wildman–Crippen LogP) is 5.41. The van der Waals surface area contributed by atoms with Gasteiger partial charge in [0.1, 0.15) is 5.75 Å². The van der Waals surface area contributed by atoms with Crippen LogP contribution in [0.15, 0.2) is 72.8 Å². The Bertz CT molecular complexity index is 1260. The smallest absolute Gasteiger partial charge is 0.120 e. The molecule has 5 heteroatoms. The molecule has 1 saturated heterocycles. The average Bonchev–Trinajstić information content (AvgIpc) is 2.83. The second-order valence-corrected chi connectivity index (χ2v) is 8.99. The zero-order valence-corrected chi connectivity index (χ0v) is 19.3. The van der Waals surface area contributed by atoms with Gasteiger partial charge in [0.2, 0.25) is 0 Å². The summed E-state index contributed by atoms with van der Waals surface area (Å²) < 4.78 is 0. The summed E-state index contributed by atoms with van der Waals surface area (Å²) in [5.74, 6) is 0.347. The maximum atomic E-state index is 10.5. The molecule has 0 unspecified atom stereocenters. The molecule has 2 heterocycles. The van der Waals surface area contributed by atoms with Crippen molar-refractivity contribution in [1.82, 2.24) is 14.8 Å². The summed E-state index contributed by atoms with van der Waals surface area (Å²) >= 11 is 0. The van der Waals surface area contributed by atoms with Gasteiger partial charge in [0, 0.05) is 54.9 Å². The molecule has 0 amide bonds. The van der Waals surface area contributed by atoms with Crippen molar-refractivity contribution >= 4 is 22.3 Å². The molecule has 168 valence electrons. The Morgan fingerprint density at radius 2 is 1.67 bits per heavy atom. The molecule has 1 aromatic heterocycles. The molecule has 0 spiro atoms. The average molecular weight is 439 g/mol. The Morgan fingerprint density at radius 1 is 0.909 bits per heavy atom. The van der Waals surface area contributed by atoms with Crippen molar-refractivity contribution in [3.63, 3.8) is 0 Å². The number of phenolic OH excluding ortho intramolecular Hbond substituents is 1. The number of anilines is 2. The highest BCUT2D eigenvalue weighted by atomic mass is 16.3. The number of para-hydroxylation sites is 1. The molecular weight excluding hydrogens is 408 g/mol. The van der Waals surface area contributed by atoms with Crippen LogP contribution in [0.3, 0.4) is 0 Å². The van der Waals surface area contributed by atoms with Gasteiger partial charge in [-0.05, 0) is 44.3 Å². The first kappa shape index (κ1) is 21.4. The van der Waals surface area contributed by atoms with E-state index in [2.05, 4.69) is 71.6 Å². The van der Waals surface area contributed by atoms with Crippen molar-refractivity contribution in [1.29, 1.82) is 0 Å². The van der Waals surface area contributed by atoms with Crippen LogP contribution in [0, 0.1) is 6.92 Å². The second-order valence-electron chi connectivity index (χ2n) is 8.99. The third kappa shape index (κ3) is 4.85. The molecule has 2 N–H and O–H groups in total. The third-order valence-electron chi connectivity index (χ3n) is 6.41. The Morgan fingerprint density at radius 3 is 2.45 bits per heavy atom. The quantitative estimate of drug-likeness (QED) is 0.408. The van der Waals surface area contributed by atoms with Gasteiger partial charge in [-0.25, -0.2) is 4.98 Å². The fourth-order valence-electron chi connectivity index (χ4n) is 4.34. The molecule has 5 nitrogen and oxygen atoms in total. The second kappa shape index (κ2) is 9.22. The molecule has 3 aromatic carbocycles. The van der Waals surface area contributed by atoms with E-state index in [4.69, 9.17) is 4.98 Å². The van der Waals surface area contributed by atoms with Crippen LogP contribution < -0.4 is 5.32 Å². The lowest BCUT2D eigenvalue weighted by Gasteiger charge is -2.32. The normalized spacial score (nSPS) is 15.1. The van der Waals surface area contributed by atoms with Crippen LogP contribution >= 0.6 is 0 Å². The summed E-state index contributed by atoms with van der Waals surface area (Å²) in [5.41, 5.74) is 7.13. The van der Waals surface area contributed by atoms with Crippen molar-refractivity contribution < 1.29 is 5.11 Å². The number of fused-ring (bicyclic) bond motifs is 1. The van der Waals surface area contributed by atoms with Gasteiger partial charge < -0.3 is 15.3 Å². The summed E-state index contributed by atoms with van der Waals surface area (Å²) in [6.07, 6.45) is 0. The maximum absolute atomic E-state index is 10.5. The lowest BCUT2D eigenvalue weighted by molar-refractivity contribution is 0.147. The molecule has 33 heavy (non-hydrogen) atoms. The van der Waals surface area contributed by atoms with Gasteiger partial charge in [-0.15, -0.1) is 0 Å². The minimum Gasteiger partial charge on any atom is -0.508 e. The first-order chi connectivity index (χ1) is 16.0. The number of piperazine rings is 1. The third-order valence-corrected chi connectivity index (χ3v) is 6.41. The minimum absolute atomic E-state index is 0.347. The van der Waals surface area contributed by atoms with Crippen LogP contribution in [0.1, 0.15) is 11.1 Å². The van der Waals surface area contributed by atoms with Crippen LogP contribution in [-0.4, -0.2) is 53.1 Å². The van der Waals surface area contributed by atoms with E-state index in [1.165, 1.54) is 5.56 Å². The SMILES string of the molecule is Cc1ccc(-c2cc(Nc3ccc(O)c(CN4CCN(C)CC4)c3)c3ccccc3n2)cc1. The van der Waals surface area contributed by atoms with Gasteiger partial charge in [-0.2, -0.15) is 0 Å². The number of benzene rings is 3. The van der Waals surface area contributed by atoms with Crippen molar-refractivity contribution in [2.24, 2.45) is 0 Å². The lowest BCUT2D eigenvalue weighted by atomic mass is 10.1. The van der Waals surface area contributed by atoms with Crippen LogP contribution in [0.25, 0.3) is 22.2 Å². The number of nitrogens with one attached hydrogen (secondary N) is 1. The van der Waals surface area contributed by atoms with Gasteiger partial charge in [0.15, 0.2) is 0 Å². The van der Waals surface area contributed by atoms with Crippen molar-refractivity contribution in [2.75, 3.05) is 38.5 Å². The van der Waals surface area contributed by atoms with Gasteiger partial charge in [0.05, 0.1) is 16.9 Å². The van der Waals surface area contributed by atoms with Gasteiger partial charge in [-0.3, -0.25) is 4.90 Å². The van der Waals surface area contributed by atoms with E-state index in [-0.39, 0.29) is 0 Å². The molecule has 0 bridgehead atoms. The molecule has 1 aliphatic rings. The fourth-order valence-corrected chi connectivity index (χ4v) is 4.34. The Labute approximate surface area is 195 Å². The highest BCUT2D eigenvalue weighted by Gasteiger charge is 2.16. The summed E-state index contributed by atoms with van der Waals surface area (Å²) in [5, 5.41) is 15.2. The number of pyridine rings is 1. The largest absolute Gasteiger partial charge is 0.508 e. The van der Waals surface area contributed by atoms with E-state index in [0.29, 0.717) is 5.75 Å². The highest BCUT2D eigenvalue weighted by molar-refractivity contribution is 5.95. The number of hydrogen-bond acceptors (Lipinski definition) is 5. The van der Waals surface area contributed by atoms with Crippen molar-refractivity contribution in [3.8, 4) is 17.0 Å². The maximum Gasteiger partial charge on any atom is 0.120 e. The highest BCUT2D eigenvalue weighted by Crippen LogP contribution is 2.32. The number of phenols is 1. The van der Waals surface area contributed by atoms with Crippen molar-refractivity contribution in [3.05, 3.63) is 83.9 Å². The number of hydrogen-bond donors (Lipinski definition) is 2. The van der Waals surface area contributed by atoms with Crippen LogP contribution in [0.5, 0.6) is 5.75 Å². The Kier molecular flexibility index (Phi) is 5.99. The summed E-state index contributed by atoms with van der Waals surface area (Å²) in [6.45, 7) is 6.99. The number of likely N-dealkylation sites (N-methyl/N-ethyl adjacent to an activating group) is 1. The van der Waals surface area contributed by atoms with Crippen LogP contribution in [-0.2, 0) is 6.54 Å². The predicted molar refractivity (Wildman–Crippen MR) is 136 cm³/mol. The zero-order chi connectivity index (χ0) is 22.8. The molecular formula is C28H30N4O. The van der Waals surface area contributed by atoms with Gasteiger partial charge in [-0.1, -0.05) is 48.0 Å². The topological polar surface area (TPSA) is 51.6 Å². The Balaban J connectivity index is 1.46. The van der Waals surface area contributed by atoms with E-state index in [9.17, 15) is 5.11 Å². The lowest BCUT2D eigenvalue weighted by Crippen LogP contribution is -2.43. The first-order valence-corrected chi connectivity index (χ1v) is 11.5. The number of aromatic nitrogens is 1. The number of rotatable bonds is 5. The molecule has 0 saturated carbocycles. The van der Waals surface area contributed by atoms with Crippen LogP contribution in [0.4, 0.5) is 11.4 Å². The van der Waals surface area contributed by atoms with Gasteiger partial charge in [0.25, 0.3) is 0 Å². The zero-order valence-electron chi connectivity index (χ0n) is 19.3. The molecule has 0 radical (unpaired) electrons. The van der Waals surface area contributed by atoms with E-state index in [1.807, 2.05) is 24.3 Å². The van der Waals surface area contributed by atoms with E-state index >= 15 is 0 Å². The standard InChI is InChI=1S/C28H30N4O/c1-20-7-9-21(10-8-20)26-18-27(24-5-3-4-6-25(24)30-26)29-23-11-12-28(33)22(17-23)19-32-15-13-31(2)14-16-32/h3-12,17-18,33H,13-16,19H2,1-2H3,(H,29,30). The first-order valence-electron chi connectivity index (χ1n) is 11.5. The fraction of sp³-hybridized carbons (Fsp3) is 0.250. The van der Waals surface area contributed by atoms with Crippen LogP contribution in [0.2, 0.25) is 0 Å². The van der Waals surface area contributed by atoms with E-state index < -0.39 is 0 Å².